The van der Waals surface area contributed by atoms with Crippen molar-refractivity contribution >= 4 is 17.3 Å². The Labute approximate surface area is 160 Å². The summed E-state index contributed by atoms with van der Waals surface area (Å²) in [5.74, 6) is -2.45. The first-order chi connectivity index (χ1) is 13.2. The van der Waals surface area contributed by atoms with Gasteiger partial charge in [-0.25, -0.2) is 8.78 Å². The molecule has 0 fully saturated rings. The normalized spacial score (nSPS) is 11.3. The number of nitrogens with one attached hydrogen (secondary N) is 1. The van der Waals surface area contributed by atoms with Gasteiger partial charge in [-0.15, -0.1) is 10.2 Å². The van der Waals surface area contributed by atoms with Crippen LogP contribution in [-0.2, 0) is 5.60 Å². The quantitative estimate of drug-likeness (QED) is 0.625. The van der Waals surface area contributed by atoms with Crippen LogP contribution < -0.4 is 11.1 Å². The number of halogens is 2. The number of primary amides is 1. The van der Waals surface area contributed by atoms with E-state index in [1.165, 1.54) is 12.1 Å². The molecule has 1 heterocycles. The lowest BCUT2D eigenvalue weighted by molar-refractivity contribution is 0.0786. The third-order valence-corrected chi connectivity index (χ3v) is 4.12. The molecule has 6 nitrogen and oxygen atoms in total. The van der Waals surface area contributed by atoms with Gasteiger partial charge in [-0.3, -0.25) is 4.79 Å². The molecule has 1 amide bonds. The van der Waals surface area contributed by atoms with Crippen molar-refractivity contribution in [2.24, 2.45) is 5.73 Å². The average molecular weight is 384 g/mol. The number of nitrogens with two attached hydrogens (primary N) is 1. The molecule has 0 aliphatic heterocycles. The Hall–Kier alpha value is -3.39. The summed E-state index contributed by atoms with van der Waals surface area (Å²) in [4.78, 5) is 11.7. The molecular weight excluding hydrogens is 366 g/mol. The zero-order valence-corrected chi connectivity index (χ0v) is 15.2. The fourth-order valence-electron chi connectivity index (χ4n) is 2.65. The van der Waals surface area contributed by atoms with Gasteiger partial charge in [-0.2, -0.15) is 0 Å². The van der Waals surface area contributed by atoms with Gasteiger partial charge in [0.25, 0.3) is 5.91 Å². The number of benzene rings is 2. The van der Waals surface area contributed by atoms with Gasteiger partial charge in [0.1, 0.15) is 17.3 Å². The number of anilines is 2. The summed E-state index contributed by atoms with van der Waals surface area (Å²) in [7, 11) is 0. The Balaban J connectivity index is 2.03. The van der Waals surface area contributed by atoms with E-state index in [1.807, 2.05) is 0 Å². The number of carbonyl (C=O) groups excluding carboxylic acids is 1. The summed E-state index contributed by atoms with van der Waals surface area (Å²) in [6.07, 6.45) is 0. The van der Waals surface area contributed by atoms with Crippen molar-refractivity contribution in [3.63, 3.8) is 0 Å². The maximum atomic E-state index is 14.1. The minimum Gasteiger partial charge on any atom is -0.386 e. The topological polar surface area (TPSA) is 101 Å². The van der Waals surface area contributed by atoms with E-state index >= 15 is 0 Å². The van der Waals surface area contributed by atoms with Gasteiger partial charge in [-0.1, -0.05) is 18.2 Å². The van der Waals surface area contributed by atoms with Crippen molar-refractivity contribution in [3.05, 3.63) is 71.4 Å². The number of amides is 1. The zero-order valence-electron chi connectivity index (χ0n) is 15.2. The molecule has 0 unspecified atom stereocenters. The van der Waals surface area contributed by atoms with Gasteiger partial charge in [-0.05, 0) is 49.7 Å². The lowest BCUT2D eigenvalue weighted by atomic mass is 9.98. The van der Waals surface area contributed by atoms with Crippen LogP contribution in [0.1, 0.15) is 29.9 Å². The van der Waals surface area contributed by atoms with Gasteiger partial charge >= 0.3 is 0 Å². The Kier molecular flexibility index (Phi) is 5.06. The van der Waals surface area contributed by atoms with E-state index < -0.39 is 23.1 Å². The van der Waals surface area contributed by atoms with E-state index in [1.54, 1.807) is 38.1 Å². The monoisotopic (exact) mass is 384 g/mol. The van der Waals surface area contributed by atoms with E-state index in [-0.39, 0.29) is 22.6 Å². The molecule has 0 saturated heterocycles. The number of aromatic nitrogens is 2. The Bertz CT molecular complexity index is 1010. The first kappa shape index (κ1) is 19.4. The van der Waals surface area contributed by atoms with Crippen LogP contribution in [0.4, 0.5) is 20.2 Å². The maximum absolute atomic E-state index is 14.1. The standard InChI is InChI=1S/C20H18F2N4O2/c1-20(2,28)11-6-8-12(9-7-11)24-16-10-15(25-26-18(16)19(23)27)17-13(21)4-3-5-14(17)22/h3-10,28H,1-2H3,(H2,23,27)(H,24,25). The van der Waals surface area contributed by atoms with Gasteiger partial charge < -0.3 is 16.2 Å². The van der Waals surface area contributed by atoms with E-state index in [9.17, 15) is 18.7 Å². The molecule has 4 N–H and O–H groups in total. The average Bonchev–Trinajstić information content (AvgIpc) is 2.61. The lowest BCUT2D eigenvalue weighted by Gasteiger charge is -2.18. The van der Waals surface area contributed by atoms with Crippen LogP contribution in [0.25, 0.3) is 11.3 Å². The molecule has 0 aliphatic rings. The van der Waals surface area contributed by atoms with Gasteiger partial charge in [0, 0.05) is 5.69 Å². The van der Waals surface area contributed by atoms with Gasteiger partial charge in [0.2, 0.25) is 0 Å². The number of nitrogens with zero attached hydrogens (tertiary/aromatic N) is 2. The summed E-state index contributed by atoms with van der Waals surface area (Å²) >= 11 is 0. The van der Waals surface area contributed by atoms with Crippen LogP contribution in [0.15, 0.2) is 48.5 Å². The van der Waals surface area contributed by atoms with E-state index in [0.717, 1.165) is 12.1 Å². The minimum absolute atomic E-state index is 0.0868. The summed E-state index contributed by atoms with van der Waals surface area (Å²) < 4.78 is 28.1. The van der Waals surface area contributed by atoms with Gasteiger partial charge in [0.15, 0.2) is 5.69 Å². The molecule has 0 spiro atoms. The van der Waals surface area contributed by atoms with Crippen LogP contribution in [0.2, 0.25) is 0 Å². The Morgan fingerprint density at radius 3 is 2.21 bits per heavy atom. The molecule has 0 radical (unpaired) electrons. The van der Waals surface area contributed by atoms with Crippen molar-refractivity contribution in [3.8, 4) is 11.3 Å². The third kappa shape index (κ3) is 3.96. The highest BCUT2D eigenvalue weighted by atomic mass is 19.1. The second-order valence-electron chi connectivity index (χ2n) is 6.71. The molecule has 144 valence electrons. The van der Waals surface area contributed by atoms with Crippen molar-refractivity contribution < 1.29 is 18.7 Å². The molecule has 2 aromatic carbocycles. The summed E-state index contributed by atoms with van der Waals surface area (Å²) in [5.41, 5.74) is 5.11. The lowest BCUT2D eigenvalue weighted by Crippen LogP contribution is -2.17. The highest BCUT2D eigenvalue weighted by Crippen LogP contribution is 2.29. The summed E-state index contributed by atoms with van der Waals surface area (Å²) in [6.45, 7) is 3.31. The second kappa shape index (κ2) is 7.32. The number of hydrogen-bond donors (Lipinski definition) is 3. The molecule has 0 atom stereocenters. The highest BCUT2D eigenvalue weighted by molar-refractivity contribution is 5.97. The number of rotatable bonds is 5. The van der Waals surface area contributed by atoms with Crippen molar-refractivity contribution in [1.82, 2.24) is 10.2 Å². The number of hydrogen-bond acceptors (Lipinski definition) is 5. The Morgan fingerprint density at radius 2 is 1.68 bits per heavy atom. The zero-order chi connectivity index (χ0) is 20.5. The molecule has 28 heavy (non-hydrogen) atoms. The number of carbonyl (C=O) groups is 1. The predicted octanol–water partition coefficient (Wildman–Crippen LogP) is 3.49. The molecule has 1 aromatic heterocycles. The maximum Gasteiger partial charge on any atom is 0.271 e. The predicted molar refractivity (Wildman–Crippen MR) is 101 cm³/mol. The summed E-state index contributed by atoms with van der Waals surface area (Å²) in [5, 5.41) is 20.4. The minimum atomic E-state index is -1.01. The van der Waals surface area contributed by atoms with Crippen molar-refractivity contribution in [2.45, 2.75) is 19.4 Å². The van der Waals surface area contributed by atoms with Crippen molar-refractivity contribution in [2.75, 3.05) is 5.32 Å². The van der Waals surface area contributed by atoms with E-state index in [0.29, 0.717) is 11.3 Å². The smallest absolute Gasteiger partial charge is 0.271 e. The van der Waals surface area contributed by atoms with Crippen LogP contribution in [0, 0.1) is 11.6 Å². The van der Waals surface area contributed by atoms with Crippen LogP contribution in [0.3, 0.4) is 0 Å². The molecule has 8 heteroatoms. The fraction of sp³-hybridized carbons (Fsp3) is 0.150. The highest BCUT2D eigenvalue weighted by Gasteiger charge is 2.19. The fourth-order valence-corrected chi connectivity index (χ4v) is 2.65. The Morgan fingerprint density at radius 1 is 1.07 bits per heavy atom. The summed E-state index contributed by atoms with van der Waals surface area (Å²) in [6, 6.07) is 11.5. The van der Waals surface area contributed by atoms with E-state index in [4.69, 9.17) is 5.73 Å². The second-order valence-corrected chi connectivity index (χ2v) is 6.71. The first-order valence-electron chi connectivity index (χ1n) is 8.38. The molecule has 3 aromatic rings. The van der Waals surface area contributed by atoms with Crippen LogP contribution in [0.5, 0.6) is 0 Å². The van der Waals surface area contributed by atoms with Gasteiger partial charge in [0.05, 0.1) is 16.9 Å². The molecule has 0 aliphatic carbocycles. The SMILES string of the molecule is CC(C)(O)c1ccc(Nc2cc(-c3c(F)cccc3F)nnc2C(N)=O)cc1. The molecule has 3 rings (SSSR count). The van der Waals surface area contributed by atoms with Crippen LogP contribution >= 0.6 is 0 Å². The first-order valence-corrected chi connectivity index (χ1v) is 8.38. The van der Waals surface area contributed by atoms with E-state index in [2.05, 4.69) is 15.5 Å². The molecule has 0 saturated carbocycles. The molecule has 0 bridgehead atoms. The molecular formula is C20H18F2N4O2. The number of aliphatic hydroxyl groups is 1. The third-order valence-electron chi connectivity index (χ3n) is 4.12. The largest absolute Gasteiger partial charge is 0.386 e. The van der Waals surface area contributed by atoms with Crippen LogP contribution in [-0.4, -0.2) is 21.2 Å². The van der Waals surface area contributed by atoms with Crippen molar-refractivity contribution in [1.29, 1.82) is 0 Å².